The highest BCUT2D eigenvalue weighted by molar-refractivity contribution is 9.10. The maximum Gasteiger partial charge on any atom is 0.0571 e. The van der Waals surface area contributed by atoms with Crippen molar-refractivity contribution < 1.29 is 0 Å². The van der Waals surface area contributed by atoms with E-state index in [-0.39, 0.29) is 30.9 Å². The lowest BCUT2D eigenvalue weighted by atomic mass is 10.2. The molecule has 0 fully saturated rings. The van der Waals surface area contributed by atoms with Gasteiger partial charge in [-0.3, -0.25) is 4.98 Å². The molecule has 76 valence electrons. The quantitative estimate of drug-likeness (QED) is 0.862. The minimum absolute atomic E-state index is 0. The van der Waals surface area contributed by atoms with Gasteiger partial charge in [-0.05, 0) is 41.4 Å². The van der Waals surface area contributed by atoms with Crippen LogP contribution in [0.5, 0.6) is 0 Å². The number of hydrogen-bond donors (Lipinski definition) is 1. The minimum Gasteiger partial charge on any atom is -0.323 e. The molecule has 0 spiro atoms. The van der Waals surface area contributed by atoms with Crippen molar-refractivity contribution in [3.8, 4) is 0 Å². The largest absolute Gasteiger partial charge is 0.323 e. The van der Waals surface area contributed by atoms with E-state index in [0.29, 0.717) is 0 Å². The monoisotopic (exact) mass is 286 g/mol. The summed E-state index contributed by atoms with van der Waals surface area (Å²) in [6.07, 6.45) is 1.79. The second-order valence-electron chi connectivity index (χ2n) is 2.65. The number of hydrogen-bond acceptors (Lipinski definition) is 2. The highest BCUT2D eigenvalue weighted by Gasteiger charge is 2.02. The van der Waals surface area contributed by atoms with Gasteiger partial charge >= 0.3 is 0 Å². The van der Waals surface area contributed by atoms with E-state index in [2.05, 4.69) is 20.9 Å². The molecule has 0 unspecified atom stereocenters. The second-order valence-corrected chi connectivity index (χ2v) is 3.50. The maximum atomic E-state index is 5.65. The number of aryl methyl sites for hydroxylation is 1. The Labute approximate surface area is 99.3 Å². The summed E-state index contributed by atoms with van der Waals surface area (Å²) in [6, 6.07) is 2.01. The van der Waals surface area contributed by atoms with Gasteiger partial charge in [0.1, 0.15) is 0 Å². The van der Waals surface area contributed by atoms with Gasteiger partial charge in [0.25, 0.3) is 0 Å². The Morgan fingerprint density at radius 2 is 2.00 bits per heavy atom. The Kier molecular flexibility index (Phi) is 7.93. The summed E-state index contributed by atoms with van der Waals surface area (Å²) in [7, 11) is 0. The van der Waals surface area contributed by atoms with Crippen molar-refractivity contribution in [1.82, 2.24) is 4.98 Å². The molecule has 0 radical (unpaired) electrons. The summed E-state index contributed by atoms with van der Waals surface area (Å²) in [6.45, 7) is 3.95. The van der Waals surface area contributed by atoms with Crippen molar-refractivity contribution >= 4 is 40.7 Å². The highest BCUT2D eigenvalue weighted by Crippen LogP contribution is 2.17. The normalized spacial score (nSPS) is 11.1. The topological polar surface area (TPSA) is 38.9 Å². The Bertz CT molecular complexity index is 266. The van der Waals surface area contributed by atoms with E-state index >= 15 is 0 Å². The van der Waals surface area contributed by atoms with Gasteiger partial charge < -0.3 is 5.73 Å². The van der Waals surface area contributed by atoms with Crippen LogP contribution in [0.2, 0.25) is 0 Å². The van der Waals surface area contributed by atoms with Gasteiger partial charge in [0.15, 0.2) is 0 Å². The fourth-order valence-electron chi connectivity index (χ4n) is 0.810. The maximum absolute atomic E-state index is 5.65. The van der Waals surface area contributed by atoms with E-state index in [4.69, 9.17) is 5.73 Å². The summed E-state index contributed by atoms with van der Waals surface area (Å²) < 4.78 is 1.03. The molecule has 0 amide bonds. The fourth-order valence-corrected chi connectivity index (χ4v) is 1.03. The zero-order chi connectivity index (χ0) is 8.43. The van der Waals surface area contributed by atoms with Crippen molar-refractivity contribution in [3.05, 3.63) is 28.0 Å². The molecule has 1 aromatic heterocycles. The average Bonchev–Trinajstić information content (AvgIpc) is 1.94. The molecular weight excluding hydrogens is 275 g/mol. The summed E-state index contributed by atoms with van der Waals surface area (Å²) in [5, 5.41) is 0. The van der Waals surface area contributed by atoms with Gasteiger partial charge in [0, 0.05) is 16.7 Å². The van der Waals surface area contributed by atoms with Crippen LogP contribution >= 0.6 is 40.7 Å². The smallest absolute Gasteiger partial charge is 0.0571 e. The molecule has 1 atom stereocenters. The van der Waals surface area contributed by atoms with Crippen molar-refractivity contribution in [2.45, 2.75) is 19.9 Å². The molecule has 1 heterocycles. The fraction of sp³-hybridized carbons (Fsp3) is 0.375. The molecule has 13 heavy (non-hydrogen) atoms. The molecule has 0 saturated carbocycles. The predicted molar refractivity (Wildman–Crippen MR) is 63.8 cm³/mol. The third-order valence-electron chi connectivity index (χ3n) is 1.53. The Balaban J connectivity index is 0. The zero-order valence-electron chi connectivity index (χ0n) is 7.45. The molecule has 2 nitrogen and oxygen atoms in total. The van der Waals surface area contributed by atoms with Crippen molar-refractivity contribution in [1.29, 1.82) is 0 Å². The van der Waals surface area contributed by atoms with Crippen LogP contribution in [0.1, 0.15) is 24.2 Å². The van der Waals surface area contributed by atoms with E-state index in [1.54, 1.807) is 6.20 Å². The molecular formula is C8H13BrCl2N2. The van der Waals surface area contributed by atoms with Crippen molar-refractivity contribution in [3.63, 3.8) is 0 Å². The summed E-state index contributed by atoms with van der Waals surface area (Å²) in [4.78, 5) is 4.17. The molecule has 1 rings (SSSR count). The first kappa shape index (κ1) is 15.6. The van der Waals surface area contributed by atoms with Crippen molar-refractivity contribution in [2.75, 3.05) is 0 Å². The Morgan fingerprint density at radius 1 is 1.46 bits per heavy atom. The van der Waals surface area contributed by atoms with Gasteiger partial charge in [-0.1, -0.05) is 0 Å². The lowest BCUT2D eigenvalue weighted by Crippen LogP contribution is -2.07. The molecule has 0 saturated heterocycles. The average molecular weight is 288 g/mol. The molecule has 0 aliphatic heterocycles. The van der Waals surface area contributed by atoms with Crippen molar-refractivity contribution in [2.24, 2.45) is 5.73 Å². The first-order valence-electron chi connectivity index (χ1n) is 3.49. The zero-order valence-corrected chi connectivity index (χ0v) is 10.7. The number of nitrogens with zero attached hydrogens (tertiary/aromatic N) is 1. The predicted octanol–water partition coefficient (Wildman–Crippen LogP) is 3.02. The van der Waals surface area contributed by atoms with E-state index < -0.39 is 0 Å². The van der Waals surface area contributed by atoms with Crippen LogP contribution in [0.3, 0.4) is 0 Å². The molecule has 0 aliphatic carbocycles. The molecule has 0 aromatic carbocycles. The van der Waals surface area contributed by atoms with E-state index in [9.17, 15) is 0 Å². The number of halogens is 3. The molecule has 0 aliphatic rings. The van der Waals surface area contributed by atoms with Crippen LogP contribution in [-0.4, -0.2) is 4.98 Å². The lowest BCUT2D eigenvalue weighted by Gasteiger charge is -2.05. The molecule has 2 N–H and O–H groups in total. The highest BCUT2D eigenvalue weighted by atomic mass is 79.9. The van der Waals surface area contributed by atoms with Gasteiger partial charge in [-0.25, -0.2) is 0 Å². The first-order chi connectivity index (χ1) is 5.11. The summed E-state index contributed by atoms with van der Waals surface area (Å²) in [5.41, 5.74) is 7.76. The summed E-state index contributed by atoms with van der Waals surface area (Å²) >= 11 is 3.38. The first-order valence-corrected chi connectivity index (χ1v) is 4.28. The Hall–Kier alpha value is 0.170. The van der Waals surface area contributed by atoms with Gasteiger partial charge in [-0.2, -0.15) is 0 Å². The SMILES string of the molecule is Cc1cc([C@H](C)N)ncc1Br.Cl.Cl. The van der Waals surface area contributed by atoms with E-state index in [1.807, 2.05) is 19.9 Å². The van der Waals surface area contributed by atoms with Gasteiger partial charge in [0.05, 0.1) is 5.69 Å². The molecule has 0 bridgehead atoms. The number of pyridine rings is 1. The number of aromatic nitrogens is 1. The Morgan fingerprint density at radius 3 is 2.38 bits per heavy atom. The molecule has 1 aromatic rings. The van der Waals surface area contributed by atoms with Crippen LogP contribution in [0, 0.1) is 6.92 Å². The van der Waals surface area contributed by atoms with Crippen LogP contribution in [0.4, 0.5) is 0 Å². The minimum atomic E-state index is 0. The standard InChI is InChI=1S/C8H11BrN2.2ClH/c1-5-3-8(6(2)10)11-4-7(5)9;;/h3-4,6H,10H2,1-2H3;2*1H/t6-;;/m0../s1. The van der Waals surface area contributed by atoms with Gasteiger partial charge in [0.2, 0.25) is 0 Å². The van der Waals surface area contributed by atoms with Crippen LogP contribution in [0.15, 0.2) is 16.7 Å². The van der Waals surface area contributed by atoms with E-state index in [0.717, 1.165) is 10.2 Å². The van der Waals surface area contributed by atoms with E-state index in [1.165, 1.54) is 5.56 Å². The summed E-state index contributed by atoms with van der Waals surface area (Å²) in [5.74, 6) is 0. The second kappa shape index (κ2) is 6.60. The third-order valence-corrected chi connectivity index (χ3v) is 2.36. The molecule has 5 heteroatoms. The number of nitrogens with two attached hydrogens (primary N) is 1. The lowest BCUT2D eigenvalue weighted by molar-refractivity contribution is 0.778. The van der Waals surface area contributed by atoms with Crippen LogP contribution < -0.4 is 5.73 Å². The number of rotatable bonds is 1. The van der Waals surface area contributed by atoms with Gasteiger partial charge in [-0.15, -0.1) is 24.8 Å². The van der Waals surface area contributed by atoms with Crippen LogP contribution in [0.25, 0.3) is 0 Å². The third kappa shape index (κ3) is 4.27. The van der Waals surface area contributed by atoms with Crippen LogP contribution in [-0.2, 0) is 0 Å².